The van der Waals surface area contributed by atoms with Gasteiger partial charge in [0.15, 0.2) is 17.3 Å². The number of nitrogens with zero attached hydrogens (tertiary/aromatic N) is 7. The maximum Gasteiger partial charge on any atom is 0.270 e. The molecule has 2 aliphatic rings. The van der Waals surface area contributed by atoms with Gasteiger partial charge in [-0.15, -0.1) is 5.10 Å². The van der Waals surface area contributed by atoms with E-state index in [0.29, 0.717) is 42.0 Å². The molecule has 5 heterocycles. The van der Waals surface area contributed by atoms with Gasteiger partial charge in [-0.3, -0.25) is 9.59 Å². The highest BCUT2D eigenvalue weighted by molar-refractivity contribution is 6.31. The number of amides is 2. The monoisotopic (exact) mass is 537 g/mol. The summed E-state index contributed by atoms with van der Waals surface area (Å²) < 4.78 is 31.4. The summed E-state index contributed by atoms with van der Waals surface area (Å²) in [7, 11) is 0. The van der Waals surface area contributed by atoms with Crippen LogP contribution in [-0.4, -0.2) is 57.9 Å². The van der Waals surface area contributed by atoms with Gasteiger partial charge in [0, 0.05) is 29.4 Å². The van der Waals surface area contributed by atoms with Crippen LogP contribution in [0.3, 0.4) is 0 Å². The van der Waals surface area contributed by atoms with Crippen molar-refractivity contribution in [2.24, 2.45) is 5.73 Å². The van der Waals surface area contributed by atoms with E-state index in [1.807, 2.05) is 0 Å². The molecular formula is C24H18ClF2N9O2. The van der Waals surface area contributed by atoms with Gasteiger partial charge in [0.05, 0.1) is 28.6 Å². The number of halogens is 3. The van der Waals surface area contributed by atoms with Crippen LogP contribution < -0.4 is 5.73 Å². The van der Waals surface area contributed by atoms with E-state index in [0.717, 1.165) is 0 Å². The molecule has 2 amide bonds. The Labute approximate surface area is 218 Å². The van der Waals surface area contributed by atoms with Crippen molar-refractivity contribution in [3.8, 4) is 16.9 Å². The van der Waals surface area contributed by atoms with Crippen molar-refractivity contribution in [3.63, 3.8) is 0 Å². The molecule has 1 fully saturated rings. The number of fused-ring (bicyclic) bond motifs is 1. The second-order valence-corrected chi connectivity index (χ2v) is 9.35. The molecule has 3 aromatic heterocycles. The van der Waals surface area contributed by atoms with Gasteiger partial charge in [0.2, 0.25) is 5.91 Å². The van der Waals surface area contributed by atoms with E-state index in [9.17, 15) is 14.0 Å². The number of tetrazole rings is 1. The minimum Gasteiger partial charge on any atom is -0.364 e. The first kappa shape index (κ1) is 23.9. The number of benzene rings is 1. The third-order valence-electron chi connectivity index (χ3n) is 6.82. The predicted molar refractivity (Wildman–Crippen MR) is 130 cm³/mol. The van der Waals surface area contributed by atoms with Crippen LogP contribution in [0.1, 0.15) is 47.2 Å². The molecule has 0 aliphatic carbocycles. The van der Waals surface area contributed by atoms with Crippen molar-refractivity contribution in [2.45, 2.75) is 31.3 Å². The Morgan fingerprint density at radius 3 is 2.76 bits per heavy atom. The molecule has 6 rings (SSSR count). The van der Waals surface area contributed by atoms with E-state index >= 15 is 4.39 Å². The SMILES string of the molecule is NC(=O)c1nccc(-c2cnc([C@@H]3CC[C@@H]4CC(c5c(-n6cnnn6)ccc(Cl)c5F)=CC(=O)N43)[nH]2)c1F. The van der Waals surface area contributed by atoms with Crippen LogP contribution in [-0.2, 0) is 4.79 Å². The van der Waals surface area contributed by atoms with E-state index in [2.05, 4.69) is 30.5 Å². The third-order valence-corrected chi connectivity index (χ3v) is 7.12. The summed E-state index contributed by atoms with van der Waals surface area (Å²) in [5, 5.41) is 11.0. The molecule has 0 spiro atoms. The lowest BCUT2D eigenvalue weighted by molar-refractivity contribution is -0.129. The number of carbonyl (C=O) groups is 2. The fourth-order valence-electron chi connectivity index (χ4n) is 5.17. The molecule has 2 atom stereocenters. The molecule has 1 saturated heterocycles. The lowest BCUT2D eigenvalue weighted by Gasteiger charge is -2.33. The largest absolute Gasteiger partial charge is 0.364 e. The highest BCUT2D eigenvalue weighted by atomic mass is 35.5. The summed E-state index contributed by atoms with van der Waals surface area (Å²) in [4.78, 5) is 37.7. The smallest absolute Gasteiger partial charge is 0.270 e. The van der Waals surface area contributed by atoms with Gasteiger partial charge in [-0.25, -0.2) is 18.7 Å². The van der Waals surface area contributed by atoms with Crippen LogP contribution in [0.15, 0.2) is 43.0 Å². The first-order chi connectivity index (χ1) is 18.3. The van der Waals surface area contributed by atoms with Crippen LogP contribution in [0, 0.1) is 11.6 Å². The molecule has 0 saturated carbocycles. The molecular weight excluding hydrogens is 520 g/mol. The van der Waals surface area contributed by atoms with Crippen molar-refractivity contribution >= 4 is 29.0 Å². The fourth-order valence-corrected chi connectivity index (χ4v) is 5.33. The van der Waals surface area contributed by atoms with Crippen LogP contribution in [0.25, 0.3) is 22.5 Å². The normalized spacial score (nSPS) is 19.0. The molecule has 38 heavy (non-hydrogen) atoms. The van der Waals surface area contributed by atoms with Gasteiger partial charge < -0.3 is 15.6 Å². The van der Waals surface area contributed by atoms with Crippen LogP contribution in [0.4, 0.5) is 8.78 Å². The van der Waals surface area contributed by atoms with E-state index in [1.165, 1.54) is 41.6 Å². The molecule has 3 N–H and O–H groups in total. The van der Waals surface area contributed by atoms with Gasteiger partial charge in [-0.2, -0.15) is 4.68 Å². The number of pyridine rings is 1. The number of carbonyl (C=O) groups excluding carboxylic acids is 2. The van der Waals surface area contributed by atoms with Crippen molar-refractivity contribution < 1.29 is 18.4 Å². The minimum atomic E-state index is -0.983. The molecule has 0 unspecified atom stereocenters. The fraction of sp³-hybridized carbons (Fsp3) is 0.208. The Bertz CT molecular complexity index is 1620. The summed E-state index contributed by atoms with van der Waals surface area (Å²) in [6.07, 6.45) is 7.05. The van der Waals surface area contributed by atoms with E-state index < -0.39 is 29.3 Å². The molecule has 0 radical (unpaired) electrons. The average molecular weight is 538 g/mol. The van der Waals surface area contributed by atoms with Gasteiger partial charge in [-0.1, -0.05) is 11.6 Å². The van der Waals surface area contributed by atoms with Crippen molar-refractivity contribution in [3.05, 3.63) is 76.7 Å². The molecule has 192 valence electrons. The van der Waals surface area contributed by atoms with E-state index in [4.69, 9.17) is 17.3 Å². The van der Waals surface area contributed by atoms with Gasteiger partial charge in [-0.05, 0) is 53.5 Å². The number of rotatable bonds is 5. The zero-order valence-corrected chi connectivity index (χ0v) is 20.2. The molecule has 0 bridgehead atoms. The highest BCUT2D eigenvalue weighted by Gasteiger charge is 2.42. The number of hydrogen-bond donors (Lipinski definition) is 2. The summed E-state index contributed by atoms with van der Waals surface area (Å²) in [5.41, 5.74) is 6.15. The average Bonchev–Trinajstić information content (AvgIpc) is 3.66. The zero-order chi connectivity index (χ0) is 26.6. The van der Waals surface area contributed by atoms with Crippen LogP contribution >= 0.6 is 11.6 Å². The summed E-state index contributed by atoms with van der Waals surface area (Å²) in [5.74, 6) is -2.35. The second kappa shape index (κ2) is 9.10. The Hall–Kier alpha value is -4.52. The first-order valence-corrected chi connectivity index (χ1v) is 12.0. The zero-order valence-electron chi connectivity index (χ0n) is 19.5. The molecule has 4 aromatic rings. The topological polar surface area (TPSA) is 149 Å². The number of imidazole rings is 1. The van der Waals surface area contributed by atoms with E-state index in [-0.39, 0.29) is 28.1 Å². The lowest BCUT2D eigenvalue weighted by Crippen LogP contribution is -2.39. The Kier molecular flexibility index (Phi) is 5.71. The number of aromatic amines is 1. The number of nitrogens with two attached hydrogens (primary N) is 1. The minimum absolute atomic E-state index is 0.0807. The second-order valence-electron chi connectivity index (χ2n) is 8.94. The van der Waals surface area contributed by atoms with E-state index in [1.54, 1.807) is 11.0 Å². The highest BCUT2D eigenvalue weighted by Crippen LogP contribution is 2.44. The summed E-state index contributed by atoms with van der Waals surface area (Å²) in [6, 6.07) is 3.79. The van der Waals surface area contributed by atoms with Crippen molar-refractivity contribution in [1.82, 2.24) is 40.1 Å². The predicted octanol–water partition coefficient (Wildman–Crippen LogP) is 3.00. The molecule has 11 nitrogen and oxygen atoms in total. The number of H-pyrrole nitrogens is 1. The lowest BCUT2D eigenvalue weighted by atomic mass is 9.92. The number of nitrogens with one attached hydrogen (secondary N) is 1. The van der Waals surface area contributed by atoms with Gasteiger partial charge in [0.25, 0.3) is 5.91 Å². The van der Waals surface area contributed by atoms with Crippen LogP contribution in [0.5, 0.6) is 0 Å². The van der Waals surface area contributed by atoms with Gasteiger partial charge in [0.1, 0.15) is 12.2 Å². The standard InChI is InChI=1S/C24H18ClF2N9O2/c25-14-2-4-16(35-10-31-33-34-35)19(21(14)27)11-7-12-1-3-17(36(12)18(37)8-11)24-30-9-15(32-24)13-5-6-29-22(20(13)26)23(28)38/h2,4-6,8-10,12,17H,1,3,7H2,(H2,28,38)(H,30,32)/t12-,17+/m1/s1. The molecule has 1 aromatic carbocycles. The number of hydrogen-bond acceptors (Lipinski definition) is 7. The van der Waals surface area contributed by atoms with Crippen LogP contribution in [0.2, 0.25) is 5.02 Å². The summed E-state index contributed by atoms with van der Waals surface area (Å²) in [6.45, 7) is 0. The van der Waals surface area contributed by atoms with Crippen molar-refractivity contribution in [1.29, 1.82) is 0 Å². The molecule has 2 aliphatic heterocycles. The number of primary amides is 1. The van der Waals surface area contributed by atoms with Crippen molar-refractivity contribution in [2.75, 3.05) is 0 Å². The quantitative estimate of drug-likeness (QED) is 0.397. The Morgan fingerprint density at radius 2 is 2.00 bits per heavy atom. The Morgan fingerprint density at radius 1 is 1.16 bits per heavy atom. The molecule has 14 heteroatoms. The maximum absolute atomic E-state index is 15.3. The third kappa shape index (κ3) is 3.82. The Balaban J connectivity index is 1.33. The first-order valence-electron chi connectivity index (χ1n) is 11.6. The summed E-state index contributed by atoms with van der Waals surface area (Å²) >= 11 is 6.08. The van der Waals surface area contributed by atoms with Gasteiger partial charge >= 0.3 is 0 Å². The number of aromatic nitrogens is 7. The maximum atomic E-state index is 15.3.